The normalized spacial score (nSPS) is 13.4. The highest BCUT2D eigenvalue weighted by molar-refractivity contribution is 6.02. The van der Waals surface area contributed by atoms with Gasteiger partial charge in [0.15, 0.2) is 29.2 Å². The first kappa shape index (κ1) is 18.4. The number of amides is 3. The second kappa shape index (κ2) is 7.90. The van der Waals surface area contributed by atoms with Crippen LogP contribution in [0.3, 0.4) is 0 Å². The Balaban J connectivity index is 1.56. The first-order chi connectivity index (χ1) is 12.9. The number of hydrogen-bond donors (Lipinski definition) is 2. The smallest absolute Gasteiger partial charge is 0.325 e. The van der Waals surface area contributed by atoms with Crippen LogP contribution in [0.1, 0.15) is 6.92 Å². The summed E-state index contributed by atoms with van der Waals surface area (Å²) in [5, 5.41) is 4.55. The van der Waals surface area contributed by atoms with Gasteiger partial charge in [-0.2, -0.15) is 0 Å². The van der Waals surface area contributed by atoms with Crippen molar-refractivity contribution in [2.75, 3.05) is 18.5 Å². The van der Waals surface area contributed by atoms with Crippen molar-refractivity contribution in [3.8, 4) is 17.2 Å². The molecule has 0 spiro atoms. The highest BCUT2D eigenvalue weighted by Gasteiger charge is 2.20. The van der Waals surface area contributed by atoms with Crippen LogP contribution in [0, 0.1) is 11.6 Å². The molecule has 1 unspecified atom stereocenters. The molecule has 0 radical (unpaired) electrons. The number of benzene rings is 2. The van der Waals surface area contributed by atoms with E-state index in [4.69, 9.17) is 14.2 Å². The van der Waals surface area contributed by atoms with E-state index in [9.17, 15) is 18.4 Å². The summed E-state index contributed by atoms with van der Waals surface area (Å²) in [4.78, 5) is 24.0. The molecule has 27 heavy (non-hydrogen) atoms. The van der Waals surface area contributed by atoms with Crippen LogP contribution >= 0.6 is 0 Å². The van der Waals surface area contributed by atoms with E-state index in [0.717, 1.165) is 12.1 Å². The van der Waals surface area contributed by atoms with Crippen LogP contribution in [0.25, 0.3) is 0 Å². The second-order valence-electron chi connectivity index (χ2n) is 5.64. The third-order valence-corrected chi connectivity index (χ3v) is 3.60. The molecule has 0 fully saturated rings. The fourth-order valence-corrected chi connectivity index (χ4v) is 2.31. The first-order valence-electron chi connectivity index (χ1n) is 8.05. The quantitative estimate of drug-likeness (QED) is 0.855. The highest BCUT2D eigenvalue weighted by atomic mass is 19.1. The number of hydrogen-bond acceptors (Lipinski definition) is 5. The Bertz CT molecular complexity index is 875. The van der Waals surface area contributed by atoms with Crippen molar-refractivity contribution >= 4 is 17.6 Å². The predicted octanol–water partition coefficient (Wildman–Crippen LogP) is 2.85. The van der Waals surface area contributed by atoms with Crippen molar-refractivity contribution in [2.24, 2.45) is 0 Å². The number of nitrogens with one attached hydrogen (secondary N) is 2. The molecule has 0 saturated heterocycles. The SMILES string of the molecule is CC(Oc1ccc(F)cc1F)C(=O)NC(=O)Nc1ccc2c(c1)OCCO2. The lowest BCUT2D eigenvalue weighted by molar-refractivity contribution is -0.126. The standard InChI is InChI=1S/C18H16F2N2O5/c1-10(27-14-4-2-11(19)8-13(14)20)17(23)22-18(24)21-12-3-5-15-16(9-12)26-7-6-25-15/h2-5,8-10H,6-7H2,1H3,(H2,21,22,23,24). The minimum absolute atomic E-state index is 0.300. The molecule has 7 nitrogen and oxygen atoms in total. The zero-order chi connectivity index (χ0) is 19.4. The van der Waals surface area contributed by atoms with Crippen molar-refractivity contribution in [1.82, 2.24) is 5.32 Å². The first-order valence-corrected chi connectivity index (χ1v) is 8.05. The van der Waals surface area contributed by atoms with Gasteiger partial charge < -0.3 is 19.5 Å². The number of anilines is 1. The van der Waals surface area contributed by atoms with Crippen molar-refractivity contribution < 1.29 is 32.6 Å². The average molecular weight is 378 g/mol. The molecule has 2 N–H and O–H groups in total. The molecule has 0 saturated carbocycles. The van der Waals surface area contributed by atoms with Gasteiger partial charge in [0.1, 0.15) is 19.0 Å². The molecular weight excluding hydrogens is 362 g/mol. The minimum Gasteiger partial charge on any atom is -0.486 e. The van der Waals surface area contributed by atoms with E-state index in [-0.39, 0.29) is 5.75 Å². The van der Waals surface area contributed by atoms with Gasteiger partial charge in [0.2, 0.25) is 0 Å². The van der Waals surface area contributed by atoms with Gasteiger partial charge in [-0.25, -0.2) is 13.6 Å². The van der Waals surface area contributed by atoms with Crippen molar-refractivity contribution in [3.63, 3.8) is 0 Å². The Morgan fingerprint density at radius 1 is 1.07 bits per heavy atom. The summed E-state index contributed by atoms with van der Waals surface area (Å²) >= 11 is 0. The number of carbonyl (C=O) groups excluding carboxylic acids is 2. The maximum Gasteiger partial charge on any atom is 0.325 e. The average Bonchev–Trinajstić information content (AvgIpc) is 2.63. The third kappa shape index (κ3) is 4.63. The van der Waals surface area contributed by atoms with Crippen molar-refractivity contribution in [1.29, 1.82) is 0 Å². The molecule has 0 bridgehead atoms. The minimum atomic E-state index is -1.18. The van der Waals surface area contributed by atoms with Crippen LogP contribution in [0.5, 0.6) is 17.2 Å². The zero-order valence-corrected chi connectivity index (χ0v) is 14.3. The van der Waals surface area contributed by atoms with Gasteiger partial charge in [-0.3, -0.25) is 10.1 Å². The topological polar surface area (TPSA) is 85.9 Å². The van der Waals surface area contributed by atoms with Crippen LogP contribution < -0.4 is 24.8 Å². The molecule has 0 aromatic heterocycles. The lowest BCUT2D eigenvalue weighted by atomic mass is 10.2. The molecule has 0 aliphatic carbocycles. The van der Waals surface area contributed by atoms with E-state index in [1.165, 1.54) is 6.92 Å². The Morgan fingerprint density at radius 2 is 1.81 bits per heavy atom. The summed E-state index contributed by atoms with van der Waals surface area (Å²) < 4.78 is 42.3. The fourth-order valence-electron chi connectivity index (χ4n) is 2.31. The molecular formula is C18H16F2N2O5. The van der Waals surface area contributed by atoms with Gasteiger partial charge in [-0.15, -0.1) is 0 Å². The fraction of sp³-hybridized carbons (Fsp3) is 0.222. The summed E-state index contributed by atoms with van der Waals surface area (Å²) in [6.45, 7) is 2.17. The molecule has 2 aromatic rings. The van der Waals surface area contributed by atoms with Crippen molar-refractivity contribution in [3.05, 3.63) is 48.0 Å². The van der Waals surface area contributed by atoms with Crippen LogP contribution in [-0.2, 0) is 4.79 Å². The molecule has 3 amide bonds. The second-order valence-corrected chi connectivity index (χ2v) is 5.64. The van der Waals surface area contributed by atoms with E-state index in [0.29, 0.717) is 36.5 Å². The number of halogens is 2. The molecule has 1 aliphatic rings. The van der Waals surface area contributed by atoms with Crippen LogP contribution in [0.4, 0.5) is 19.3 Å². The highest BCUT2D eigenvalue weighted by Crippen LogP contribution is 2.32. The van der Waals surface area contributed by atoms with Gasteiger partial charge in [-0.05, 0) is 31.2 Å². The molecule has 3 rings (SSSR count). The lowest BCUT2D eigenvalue weighted by Crippen LogP contribution is -2.42. The van der Waals surface area contributed by atoms with Gasteiger partial charge in [0.05, 0.1) is 0 Å². The number of imide groups is 1. The van der Waals surface area contributed by atoms with Crippen LogP contribution in [0.15, 0.2) is 36.4 Å². The van der Waals surface area contributed by atoms with E-state index in [1.807, 2.05) is 0 Å². The van der Waals surface area contributed by atoms with Crippen molar-refractivity contribution in [2.45, 2.75) is 13.0 Å². The molecule has 1 atom stereocenters. The molecule has 2 aromatic carbocycles. The Kier molecular flexibility index (Phi) is 5.39. The Morgan fingerprint density at radius 3 is 2.56 bits per heavy atom. The summed E-state index contributed by atoms with van der Waals surface area (Å²) in [6, 6.07) is 6.68. The zero-order valence-electron chi connectivity index (χ0n) is 14.3. The molecule has 9 heteroatoms. The van der Waals surface area contributed by atoms with Gasteiger partial charge in [0, 0.05) is 17.8 Å². The summed E-state index contributed by atoms with van der Waals surface area (Å²) in [5.41, 5.74) is 0.391. The molecule has 142 valence electrons. The Labute approximate surface area is 153 Å². The van der Waals surface area contributed by atoms with E-state index in [1.54, 1.807) is 18.2 Å². The monoisotopic (exact) mass is 378 g/mol. The molecule has 1 aliphatic heterocycles. The van der Waals surface area contributed by atoms with Gasteiger partial charge in [-0.1, -0.05) is 0 Å². The van der Waals surface area contributed by atoms with Crippen LogP contribution in [-0.4, -0.2) is 31.3 Å². The molecule has 1 heterocycles. The summed E-state index contributed by atoms with van der Waals surface area (Å²) in [7, 11) is 0. The summed E-state index contributed by atoms with van der Waals surface area (Å²) in [6.07, 6.45) is -1.18. The largest absolute Gasteiger partial charge is 0.486 e. The number of carbonyl (C=O) groups is 2. The maximum atomic E-state index is 13.6. The van der Waals surface area contributed by atoms with E-state index in [2.05, 4.69) is 10.6 Å². The van der Waals surface area contributed by atoms with Gasteiger partial charge >= 0.3 is 6.03 Å². The number of fused-ring (bicyclic) bond motifs is 1. The third-order valence-electron chi connectivity index (χ3n) is 3.60. The number of rotatable bonds is 4. The van der Waals surface area contributed by atoms with E-state index >= 15 is 0 Å². The lowest BCUT2D eigenvalue weighted by Gasteiger charge is -2.19. The predicted molar refractivity (Wildman–Crippen MR) is 91.0 cm³/mol. The van der Waals surface area contributed by atoms with E-state index < -0.39 is 29.7 Å². The maximum absolute atomic E-state index is 13.6. The van der Waals surface area contributed by atoms with Gasteiger partial charge in [0.25, 0.3) is 5.91 Å². The number of ether oxygens (including phenoxy) is 3. The number of urea groups is 1. The summed E-state index contributed by atoms with van der Waals surface area (Å²) in [5.74, 6) is -1.77. The van der Waals surface area contributed by atoms with Crippen LogP contribution in [0.2, 0.25) is 0 Å². The Hall–Kier alpha value is -3.36.